The number of nitrogens with two attached hydrogens (primary N) is 1. The van der Waals surface area contributed by atoms with Gasteiger partial charge in [-0.15, -0.1) is 0 Å². The van der Waals surface area contributed by atoms with E-state index in [4.69, 9.17) is 28.9 Å². The molecule has 96 valence electrons. The Morgan fingerprint density at radius 3 is 2.41 bits per heavy atom. The van der Waals surface area contributed by atoms with Crippen LogP contribution in [0.25, 0.3) is 0 Å². The summed E-state index contributed by atoms with van der Waals surface area (Å²) >= 11 is 11.9. The summed E-state index contributed by atoms with van der Waals surface area (Å²) in [6.07, 6.45) is 0. The highest BCUT2D eigenvalue weighted by Gasteiger charge is 2.25. The van der Waals surface area contributed by atoms with E-state index >= 15 is 0 Å². The van der Waals surface area contributed by atoms with Crippen molar-refractivity contribution >= 4 is 23.2 Å². The minimum absolute atomic E-state index is 0.0634. The molecule has 4 heteroatoms. The molecule has 0 aliphatic rings. The maximum Gasteiger partial charge on any atom is 0.0595 e. The van der Waals surface area contributed by atoms with Crippen molar-refractivity contribution in [3.05, 3.63) is 33.8 Å². The Kier molecular flexibility index (Phi) is 5.26. The first kappa shape index (κ1) is 14.8. The minimum atomic E-state index is -0.0634. The second kappa shape index (κ2) is 6.05. The van der Waals surface area contributed by atoms with Gasteiger partial charge in [-0.3, -0.25) is 0 Å². The van der Waals surface area contributed by atoms with Gasteiger partial charge in [-0.2, -0.15) is 0 Å². The lowest BCUT2D eigenvalue weighted by Crippen LogP contribution is -2.52. The van der Waals surface area contributed by atoms with Gasteiger partial charge in [-0.25, -0.2) is 0 Å². The van der Waals surface area contributed by atoms with Crippen LogP contribution < -0.4 is 11.1 Å². The van der Waals surface area contributed by atoms with Gasteiger partial charge >= 0.3 is 0 Å². The molecule has 1 unspecified atom stereocenters. The third-order valence-electron chi connectivity index (χ3n) is 3.38. The second-order valence-corrected chi connectivity index (χ2v) is 5.69. The molecule has 1 atom stereocenters. The molecule has 0 fully saturated rings. The summed E-state index contributed by atoms with van der Waals surface area (Å²) < 4.78 is 0. The molecule has 1 aromatic rings. The predicted molar refractivity (Wildman–Crippen MR) is 75.6 cm³/mol. The van der Waals surface area contributed by atoms with Gasteiger partial charge in [-0.05, 0) is 30.5 Å². The van der Waals surface area contributed by atoms with Gasteiger partial charge in [0.2, 0.25) is 0 Å². The van der Waals surface area contributed by atoms with Crippen molar-refractivity contribution in [1.29, 1.82) is 0 Å². The van der Waals surface area contributed by atoms with Crippen LogP contribution >= 0.6 is 23.2 Å². The minimum Gasteiger partial charge on any atom is -0.329 e. The Morgan fingerprint density at radius 2 is 1.94 bits per heavy atom. The first-order valence-electron chi connectivity index (χ1n) is 5.78. The van der Waals surface area contributed by atoms with E-state index in [1.165, 1.54) is 0 Å². The number of hydrogen-bond acceptors (Lipinski definition) is 2. The third kappa shape index (κ3) is 3.85. The van der Waals surface area contributed by atoms with E-state index < -0.39 is 0 Å². The van der Waals surface area contributed by atoms with Crippen LogP contribution in [0.4, 0.5) is 0 Å². The van der Waals surface area contributed by atoms with Crippen LogP contribution in [0.2, 0.25) is 10.0 Å². The molecule has 17 heavy (non-hydrogen) atoms. The first-order chi connectivity index (χ1) is 7.89. The fourth-order valence-electron chi connectivity index (χ4n) is 1.47. The normalized spacial score (nSPS) is 15.0. The molecule has 0 aliphatic heterocycles. The van der Waals surface area contributed by atoms with E-state index in [1.54, 1.807) is 0 Å². The van der Waals surface area contributed by atoms with E-state index in [0.29, 0.717) is 22.5 Å². The Morgan fingerprint density at radius 1 is 1.29 bits per heavy atom. The summed E-state index contributed by atoms with van der Waals surface area (Å²) in [4.78, 5) is 0. The molecule has 0 bridgehead atoms. The monoisotopic (exact) mass is 274 g/mol. The molecule has 2 nitrogen and oxygen atoms in total. The van der Waals surface area contributed by atoms with Crippen LogP contribution in [0.1, 0.15) is 26.3 Å². The number of nitrogens with one attached hydrogen (secondary N) is 1. The van der Waals surface area contributed by atoms with Crippen molar-refractivity contribution in [2.75, 3.05) is 6.54 Å². The maximum atomic E-state index is 5.98. The fraction of sp³-hybridized carbons (Fsp3) is 0.538. The average molecular weight is 275 g/mol. The lowest BCUT2D eigenvalue weighted by molar-refractivity contribution is 0.267. The molecule has 0 spiro atoms. The molecule has 0 heterocycles. The molecule has 1 rings (SSSR count). The zero-order valence-electron chi connectivity index (χ0n) is 10.6. The van der Waals surface area contributed by atoms with Crippen LogP contribution in [0, 0.1) is 5.92 Å². The van der Waals surface area contributed by atoms with E-state index in [0.717, 1.165) is 12.1 Å². The van der Waals surface area contributed by atoms with Gasteiger partial charge in [-0.1, -0.05) is 43.1 Å². The van der Waals surface area contributed by atoms with E-state index in [2.05, 4.69) is 26.1 Å². The molecule has 0 amide bonds. The highest BCUT2D eigenvalue weighted by atomic mass is 35.5. The van der Waals surface area contributed by atoms with Crippen LogP contribution in [0.5, 0.6) is 0 Å². The lowest BCUT2D eigenvalue weighted by atomic mass is 9.88. The lowest BCUT2D eigenvalue weighted by Gasteiger charge is -2.34. The van der Waals surface area contributed by atoms with Gasteiger partial charge in [0.15, 0.2) is 0 Å². The first-order valence-corrected chi connectivity index (χ1v) is 6.53. The molecular weight excluding hydrogens is 255 g/mol. The summed E-state index contributed by atoms with van der Waals surface area (Å²) in [6, 6.07) is 5.67. The molecule has 0 radical (unpaired) electrons. The number of halogens is 2. The molecule has 3 N–H and O–H groups in total. The van der Waals surface area contributed by atoms with Crippen LogP contribution in [0.15, 0.2) is 18.2 Å². The molecule has 0 saturated heterocycles. The summed E-state index contributed by atoms with van der Waals surface area (Å²) in [5, 5.41) is 4.65. The van der Waals surface area contributed by atoms with Crippen LogP contribution in [0.3, 0.4) is 0 Å². The highest BCUT2D eigenvalue weighted by Crippen LogP contribution is 2.23. The molecule has 0 aromatic heterocycles. The SMILES string of the molecule is CC(C)C(C)(CN)NCc1ccc(Cl)c(Cl)c1. The summed E-state index contributed by atoms with van der Waals surface area (Å²) in [6.45, 7) is 7.80. The molecule has 1 aromatic carbocycles. The van der Waals surface area contributed by atoms with Crippen molar-refractivity contribution in [3.63, 3.8) is 0 Å². The highest BCUT2D eigenvalue weighted by molar-refractivity contribution is 6.42. The van der Waals surface area contributed by atoms with Gasteiger partial charge in [0.25, 0.3) is 0 Å². The summed E-state index contributed by atoms with van der Waals surface area (Å²) in [5.41, 5.74) is 6.86. The van der Waals surface area contributed by atoms with Crippen molar-refractivity contribution < 1.29 is 0 Å². The molecular formula is C13H20Cl2N2. The molecule has 0 saturated carbocycles. The topological polar surface area (TPSA) is 38.0 Å². The maximum absolute atomic E-state index is 5.98. The zero-order chi connectivity index (χ0) is 13.1. The number of benzene rings is 1. The van der Waals surface area contributed by atoms with Gasteiger partial charge in [0, 0.05) is 18.6 Å². The summed E-state index contributed by atoms with van der Waals surface area (Å²) in [5.74, 6) is 0.468. The van der Waals surface area contributed by atoms with Gasteiger partial charge in [0.05, 0.1) is 10.0 Å². The van der Waals surface area contributed by atoms with Crippen molar-refractivity contribution in [3.8, 4) is 0 Å². The number of hydrogen-bond donors (Lipinski definition) is 2. The van der Waals surface area contributed by atoms with Crippen LogP contribution in [-0.2, 0) is 6.54 Å². The zero-order valence-corrected chi connectivity index (χ0v) is 12.1. The standard InChI is InChI=1S/C13H20Cl2N2/c1-9(2)13(3,8-16)17-7-10-4-5-11(14)12(15)6-10/h4-6,9,17H,7-8,16H2,1-3H3. The largest absolute Gasteiger partial charge is 0.329 e. The average Bonchev–Trinajstić information content (AvgIpc) is 2.30. The van der Waals surface area contributed by atoms with E-state index in [9.17, 15) is 0 Å². The van der Waals surface area contributed by atoms with Gasteiger partial charge in [0.1, 0.15) is 0 Å². The van der Waals surface area contributed by atoms with Crippen molar-refractivity contribution in [2.45, 2.75) is 32.9 Å². The number of rotatable bonds is 5. The Hall–Kier alpha value is -0.280. The van der Waals surface area contributed by atoms with Gasteiger partial charge < -0.3 is 11.1 Å². The van der Waals surface area contributed by atoms with Crippen molar-refractivity contribution in [1.82, 2.24) is 5.32 Å². The summed E-state index contributed by atoms with van der Waals surface area (Å²) in [7, 11) is 0. The van der Waals surface area contributed by atoms with E-state index in [1.807, 2.05) is 18.2 Å². The second-order valence-electron chi connectivity index (χ2n) is 4.88. The smallest absolute Gasteiger partial charge is 0.0595 e. The Balaban J connectivity index is 2.69. The van der Waals surface area contributed by atoms with Crippen LogP contribution in [-0.4, -0.2) is 12.1 Å². The quantitative estimate of drug-likeness (QED) is 0.863. The predicted octanol–water partition coefficient (Wildman–Crippen LogP) is 3.46. The Bertz CT molecular complexity index is 380. The molecule has 0 aliphatic carbocycles. The third-order valence-corrected chi connectivity index (χ3v) is 4.12. The Labute approximate surface area is 113 Å². The van der Waals surface area contributed by atoms with E-state index in [-0.39, 0.29) is 5.54 Å². The van der Waals surface area contributed by atoms with Crippen molar-refractivity contribution in [2.24, 2.45) is 11.7 Å². The fourth-order valence-corrected chi connectivity index (χ4v) is 1.79.